The van der Waals surface area contributed by atoms with Gasteiger partial charge in [-0.2, -0.15) is 0 Å². The second-order valence-corrected chi connectivity index (χ2v) is 6.01. The lowest BCUT2D eigenvalue weighted by Gasteiger charge is -2.28. The first kappa shape index (κ1) is 13.9. The number of amides is 1. The molecule has 2 N–H and O–H groups in total. The van der Waals surface area contributed by atoms with Gasteiger partial charge in [0, 0.05) is 23.8 Å². The minimum Gasteiger partial charge on any atom is -0.382 e. The molecule has 1 saturated carbocycles. The Balaban J connectivity index is 2.01. The van der Waals surface area contributed by atoms with Crippen molar-refractivity contribution < 1.29 is 4.79 Å². The van der Waals surface area contributed by atoms with E-state index in [9.17, 15) is 4.79 Å². The first-order chi connectivity index (χ1) is 9.03. The number of carbonyl (C=O) groups is 1. The predicted molar refractivity (Wildman–Crippen MR) is 79.5 cm³/mol. The van der Waals surface area contributed by atoms with Crippen LogP contribution in [0.25, 0.3) is 0 Å². The fraction of sp³-hybridized carbons (Fsp3) is 0.562. The second kappa shape index (κ2) is 5.64. The molecule has 0 radical (unpaired) electrons. The van der Waals surface area contributed by atoms with Gasteiger partial charge in [0.15, 0.2) is 0 Å². The van der Waals surface area contributed by atoms with Gasteiger partial charge in [-0.3, -0.25) is 4.79 Å². The Morgan fingerprint density at radius 3 is 2.53 bits per heavy atom. The lowest BCUT2D eigenvalue weighted by atomic mass is 9.87. The van der Waals surface area contributed by atoms with Crippen LogP contribution in [0.5, 0.6) is 0 Å². The van der Waals surface area contributed by atoms with Crippen molar-refractivity contribution in [1.29, 1.82) is 0 Å². The van der Waals surface area contributed by atoms with E-state index in [-0.39, 0.29) is 5.91 Å². The molecule has 0 aromatic heterocycles. The van der Waals surface area contributed by atoms with Gasteiger partial charge in [-0.1, -0.05) is 20.3 Å². The summed E-state index contributed by atoms with van der Waals surface area (Å²) in [5, 5.41) is 6.41. The zero-order valence-electron chi connectivity index (χ0n) is 12.1. The Labute approximate surface area is 115 Å². The number of anilines is 1. The first-order valence-electron chi connectivity index (χ1n) is 7.18. The summed E-state index contributed by atoms with van der Waals surface area (Å²) in [4.78, 5) is 11.7. The standard InChI is InChI=1S/C16H24N2O/c1-4-17-15(19)12-7-9-13(10-8-12)18-14-6-5-11-16(14,2)3/h7-10,14,18H,4-6,11H2,1-3H3,(H,17,19). The molecule has 1 fully saturated rings. The van der Waals surface area contributed by atoms with Crippen LogP contribution >= 0.6 is 0 Å². The molecule has 0 aliphatic heterocycles. The van der Waals surface area contributed by atoms with Gasteiger partial charge in [0.1, 0.15) is 0 Å². The molecule has 0 spiro atoms. The van der Waals surface area contributed by atoms with Crippen molar-refractivity contribution in [1.82, 2.24) is 5.32 Å². The topological polar surface area (TPSA) is 41.1 Å². The normalized spacial score (nSPS) is 21.1. The van der Waals surface area contributed by atoms with Gasteiger partial charge >= 0.3 is 0 Å². The van der Waals surface area contributed by atoms with E-state index < -0.39 is 0 Å². The SMILES string of the molecule is CCNC(=O)c1ccc(NC2CCCC2(C)C)cc1. The average Bonchev–Trinajstić information content (AvgIpc) is 2.70. The molecule has 0 bridgehead atoms. The number of hydrogen-bond acceptors (Lipinski definition) is 2. The van der Waals surface area contributed by atoms with E-state index in [1.807, 2.05) is 31.2 Å². The summed E-state index contributed by atoms with van der Waals surface area (Å²) in [5.41, 5.74) is 2.18. The van der Waals surface area contributed by atoms with E-state index in [0.717, 1.165) is 11.3 Å². The molecular weight excluding hydrogens is 236 g/mol. The maximum Gasteiger partial charge on any atom is 0.251 e. The zero-order chi connectivity index (χ0) is 13.9. The van der Waals surface area contributed by atoms with Crippen molar-refractivity contribution in [3.05, 3.63) is 29.8 Å². The van der Waals surface area contributed by atoms with Gasteiger partial charge < -0.3 is 10.6 Å². The maximum absolute atomic E-state index is 11.7. The highest BCUT2D eigenvalue weighted by atomic mass is 16.1. The first-order valence-corrected chi connectivity index (χ1v) is 7.18. The molecule has 19 heavy (non-hydrogen) atoms. The number of benzene rings is 1. The predicted octanol–water partition coefficient (Wildman–Crippen LogP) is 3.43. The van der Waals surface area contributed by atoms with E-state index in [1.165, 1.54) is 19.3 Å². The van der Waals surface area contributed by atoms with Crippen LogP contribution in [0.15, 0.2) is 24.3 Å². The van der Waals surface area contributed by atoms with Crippen molar-refractivity contribution >= 4 is 11.6 Å². The Morgan fingerprint density at radius 1 is 1.32 bits per heavy atom. The van der Waals surface area contributed by atoms with Gasteiger partial charge in [-0.15, -0.1) is 0 Å². The van der Waals surface area contributed by atoms with Crippen LogP contribution in [0.4, 0.5) is 5.69 Å². The smallest absolute Gasteiger partial charge is 0.251 e. The third kappa shape index (κ3) is 3.28. The summed E-state index contributed by atoms with van der Waals surface area (Å²) in [5.74, 6) is -0.00440. The van der Waals surface area contributed by atoms with Crippen LogP contribution < -0.4 is 10.6 Å². The minimum atomic E-state index is -0.00440. The quantitative estimate of drug-likeness (QED) is 0.871. The highest BCUT2D eigenvalue weighted by Crippen LogP contribution is 2.38. The second-order valence-electron chi connectivity index (χ2n) is 6.01. The molecule has 3 heteroatoms. The summed E-state index contributed by atoms with van der Waals surface area (Å²) >= 11 is 0. The Hall–Kier alpha value is -1.51. The van der Waals surface area contributed by atoms with Crippen LogP contribution in [-0.4, -0.2) is 18.5 Å². The molecule has 104 valence electrons. The summed E-state index contributed by atoms with van der Waals surface area (Å²) < 4.78 is 0. The van der Waals surface area contributed by atoms with E-state index >= 15 is 0 Å². The molecule has 2 rings (SSSR count). The van der Waals surface area contributed by atoms with Crippen LogP contribution in [0.2, 0.25) is 0 Å². The van der Waals surface area contributed by atoms with Crippen LogP contribution in [-0.2, 0) is 0 Å². The fourth-order valence-electron chi connectivity index (χ4n) is 2.78. The average molecular weight is 260 g/mol. The Kier molecular flexibility index (Phi) is 4.13. The largest absolute Gasteiger partial charge is 0.382 e. The van der Waals surface area contributed by atoms with Gasteiger partial charge in [-0.05, 0) is 49.4 Å². The summed E-state index contributed by atoms with van der Waals surface area (Å²) in [6.07, 6.45) is 3.80. The van der Waals surface area contributed by atoms with Gasteiger partial charge in [0.2, 0.25) is 0 Å². The van der Waals surface area contributed by atoms with Crippen LogP contribution in [0, 0.1) is 5.41 Å². The molecule has 1 amide bonds. The van der Waals surface area contributed by atoms with E-state index in [1.54, 1.807) is 0 Å². The summed E-state index contributed by atoms with van der Waals surface area (Å²) in [7, 11) is 0. The molecule has 3 nitrogen and oxygen atoms in total. The van der Waals surface area contributed by atoms with Crippen molar-refractivity contribution in [2.24, 2.45) is 5.41 Å². The van der Waals surface area contributed by atoms with E-state index in [2.05, 4.69) is 24.5 Å². The molecule has 1 aromatic rings. The molecule has 1 unspecified atom stereocenters. The third-order valence-corrected chi connectivity index (χ3v) is 4.08. The zero-order valence-corrected chi connectivity index (χ0v) is 12.1. The summed E-state index contributed by atoms with van der Waals surface area (Å²) in [6.45, 7) is 7.23. The molecule has 1 aromatic carbocycles. The summed E-state index contributed by atoms with van der Waals surface area (Å²) in [6, 6.07) is 8.30. The molecule has 1 aliphatic rings. The lowest BCUT2D eigenvalue weighted by molar-refractivity contribution is 0.0956. The van der Waals surface area contributed by atoms with Gasteiger partial charge in [-0.25, -0.2) is 0 Å². The molecule has 1 atom stereocenters. The molecular formula is C16H24N2O. The highest BCUT2D eigenvalue weighted by Gasteiger charge is 2.34. The number of nitrogens with one attached hydrogen (secondary N) is 2. The Morgan fingerprint density at radius 2 is 2.00 bits per heavy atom. The van der Waals surface area contributed by atoms with E-state index in [0.29, 0.717) is 18.0 Å². The van der Waals surface area contributed by atoms with Gasteiger partial charge in [0.25, 0.3) is 5.91 Å². The number of rotatable bonds is 4. The third-order valence-electron chi connectivity index (χ3n) is 4.08. The van der Waals surface area contributed by atoms with Crippen molar-refractivity contribution in [3.63, 3.8) is 0 Å². The lowest BCUT2D eigenvalue weighted by Crippen LogP contribution is -2.30. The highest BCUT2D eigenvalue weighted by molar-refractivity contribution is 5.94. The molecule has 1 aliphatic carbocycles. The number of carbonyl (C=O) groups excluding carboxylic acids is 1. The monoisotopic (exact) mass is 260 g/mol. The van der Waals surface area contributed by atoms with Crippen molar-refractivity contribution in [3.8, 4) is 0 Å². The Bertz CT molecular complexity index is 437. The van der Waals surface area contributed by atoms with E-state index in [4.69, 9.17) is 0 Å². The van der Waals surface area contributed by atoms with Crippen molar-refractivity contribution in [2.75, 3.05) is 11.9 Å². The fourth-order valence-corrected chi connectivity index (χ4v) is 2.78. The van der Waals surface area contributed by atoms with Gasteiger partial charge in [0.05, 0.1) is 0 Å². The maximum atomic E-state index is 11.7. The van der Waals surface area contributed by atoms with Crippen LogP contribution in [0.3, 0.4) is 0 Å². The molecule has 0 saturated heterocycles. The van der Waals surface area contributed by atoms with Crippen molar-refractivity contribution in [2.45, 2.75) is 46.1 Å². The minimum absolute atomic E-state index is 0.00440. The van der Waals surface area contributed by atoms with Crippen LogP contribution in [0.1, 0.15) is 50.4 Å². The molecule has 0 heterocycles. The number of hydrogen-bond donors (Lipinski definition) is 2.